The van der Waals surface area contributed by atoms with Crippen LogP contribution in [0.3, 0.4) is 0 Å². The Kier molecular flexibility index (Phi) is 10.3. The maximum atomic E-state index is 13.2. The zero-order chi connectivity index (χ0) is 25.2. The monoisotopic (exact) mass is 493 g/mol. The SMILES string of the molecule is CCC1CC2C(=O)C(c3ccc4c(c3)OCCO4)=COC2CC1OCC(=O)[O-].OCC[NH2+]CCO. The van der Waals surface area contributed by atoms with E-state index in [1.165, 1.54) is 6.26 Å². The van der Waals surface area contributed by atoms with Crippen LogP contribution in [0, 0.1) is 11.8 Å². The van der Waals surface area contributed by atoms with Crippen molar-refractivity contribution in [1.29, 1.82) is 0 Å². The zero-order valence-electron chi connectivity index (χ0n) is 20.0. The largest absolute Gasteiger partial charge is 0.548 e. The molecule has 0 aromatic heterocycles. The van der Waals surface area contributed by atoms with Gasteiger partial charge in [-0.3, -0.25) is 4.79 Å². The maximum absolute atomic E-state index is 13.2. The number of carbonyl (C=O) groups is 2. The number of aliphatic hydroxyl groups is 2. The van der Waals surface area contributed by atoms with Crippen LogP contribution in [0.5, 0.6) is 11.5 Å². The smallest absolute Gasteiger partial charge is 0.173 e. The summed E-state index contributed by atoms with van der Waals surface area (Å²) >= 11 is 0. The van der Waals surface area contributed by atoms with Crippen molar-refractivity contribution < 1.29 is 49.2 Å². The highest BCUT2D eigenvalue weighted by Gasteiger charge is 2.44. The number of hydrogen-bond acceptors (Lipinski definition) is 9. The number of Topliss-reactive ketones (excluding diaryl/α,β-unsaturated/α-hetero) is 1. The molecule has 0 amide bonds. The molecule has 1 aromatic rings. The molecule has 1 fully saturated rings. The number of carbonyl (C=O) groups excluding carboxylic acids is 2. The quantitative estimate of drug-likeness (QED) is 0.363. The lowest BCUT2D eigenvalue weighted by Crippen LogP contribution is -2.85. The standard InChI is InChI=1S/C21H24O7.C4H11NO2/c1-2-12-7-14-18(9-17(12)28-11-20(22)23)27-10-15(21(14)24)13-3-4-16-19(8-13)26-6-5-25-16;6-3-1-5-2-4-7/h3-4,8,10,12,14,17-18H,2,5-7,9,11H2,1H3,(H,22,23);5-7H,1-4H2. The van der Waals surface area contributed by atoms with Crippen LogP contribution in [0.1, 0.15) is 31.7 Å². The number of allylic oxidation sites excluding steroid dienone is 1. The molecule has 4 rings (SSSR count). The number of carboxylic acid groups (broad SMARTS) is 1. The molecule has 10 nitrogen and oxygen atoms in total. The third-order valence-electron chi connectivity index (χ3n) is 6.42. The molecule has 194 valence electrons. The van der Waals surface area contributed by atoms with E-state index in [0.29, 0.717) is 56.2 Å². The van der Waals surface area contributed by atoms with Crippen molar-refractivity contribution in [3.63, 3.8) is 0 Å². The average molecular weight is 494 g/mol. The second kappa shape index (κ2) is 13.4. The topological polar surface area (TPSA) is 151 Å². The normalized spacial score (nSPS) is 24.9. The number of aliphatic carboxylic acids is 1. The van der Waals surface area contributed by atoms with E-state index in [0.717, 1.165) is 12.0 Å². The first-order chi connectivity index (χ1) is 17.0. The van der Waals surface area contributed by atoms with Gasteiger partial charge in [0, 0.05) is 6.42 Å². The van der Waals surface area contributed by atoms with Crippen LogP contribution in [0.15, 0.2) is 24.5 Å². The van der Waals surface area contributed by atoms with Crippen molar-refractivity contribution in [2.75, 3.05) is 46.1 Å². The molecule has 1 aromatic carbocycles. The molecule has 1 saturated carbocycles. The second-order valence-corrected chi connectivity index (χ2v) is 8.71. The summed E-state index contributed by atoms with van der Waals surface area (Å²) in [6.07, 6.45) is 2.87. The minimum Gasteiger partial charge on any atom is -0.548 e. The third-order valence-corrected chi connectivity index (χ3v) is 6.42. The van der Waals surface area contributed by atoms with Gasteiger partial charge in [-0.05, 0) is 30.0 Å². The van der Waals surface area contributed by atoms with Crippen LogP contribution < -0.4 is 19.9 Å². The van der Waals surface area contributed by atoms with E-state index >= 15 is 0 Å². The van der Waals surface area contributed by atoms with Gasteiger partial charge in [0.05, 0.1) is 62.7 Å². The molecule has 2 heterocycles. The molecule has 0 radical (unpaired) electrons. The Balaban J connectivity index is 0.000000429. The number of ether oxygens (including phenoxy) is 4. The predicted molar refractivity (Wildman–Crippen MR) is 122 cm³/mol. The first-order valence-corrected chi connectivity index (χ1v) is 12.1. The lowest BCUT2D eigenvalue weighted by atomic mass is 9.72. The highest BCUT2D eigenvalue weighted by molar-refractivity contribution is 6.22. The number of ketones is 1. The van der Waals surface area contributed by atoms with Crippen molar-refractivity contribution in [2.24, 2.45) is 11.8 Å². The fourth-order valence-electron chi connectivity index (χ4n) is 4.61. The summed E-state index contributed by atoms with van der Waals surface area (Å²) in [5, 5.41) is 28.9. The third kappa shape index (κ3) is 7.17. The minimum absolute atomic E-state index is 0.0460. The molecular formula is C25H35NO9. The van der Waals surface area contributed by atoms with Gasteiger partial charge in [-0.15, -0.1) is 0 Å². The summed E-state index contributed by atoms with van der Waals surface area (Å²) in [5.41, 5.74) is 1.28. The van der Waals surface area contributed by atoms with Crippen molar-refractivity contribution >= 4 is 17.3 Å². The molecule has 0 spiro atoms. The van der Waals surface area contributed by atoms with Gasteiger partial charge < -0.3 is 44.4 Å². The molecule has 0 bridgehead atoms. The summed E-state index contributed by atoms with van der Waals surface area (Å²) in [4.78, 5) is 23.9. The Labute approximate surface area is 204 Å². The van der Waals surface area contributed by atoms with Gasteiger partial charge in [0.15, 0.2) is 17.3 Å². The lowest BCUT2D eigenvalue weighted by molar-refractivity contribution is -0.657. The summed E-state index contributed by atoms with van der Waals surface area (Å²) in [7, 11) is 0. The lowest BCUT2D eigenvalue weighted by Gasteiger charge is -2.42. The highest BCUT2D eigenvalue weighted by atomic mass is 16.6. The maximum Gasteiger partial charge on any atom is 0.173 e. The molecule has 2 aliphatic heterocycles. The fraction of sp³-hybridized carbons (Fsp3) is 0.600. The van der Waals surface area contributed by atoms with Gasteiger partial charge in [-0.25, -0.2) is 0 Å². The van der Waals surface area contributed by atoms with Crippen molar-refractivity contribution in [3.8, 4) is 11.5 Å². The van der Waals surface area contributed by atoms with Gasteiger partial charge in [0.25, 0.3) is 0 Å². The number of benzene rings is 1. The Hall–Kier alpha value is -2.66. The molecule has 4 N–H and O–H groups in total. The molecule has 3 aliphatic rings. The van der Waals surface area contributed by atoms with E-state index in [1.807, 2.05) is 30.4 Å². The fourth-order valence-corrected chi connectivity index (χ4v) is 4.61. The summed E-state index contributed by atoms with van der Waals surface area (Å²) in [5.74, 6) is -0.0449. The van der Waals surface area contributed by atoms with E-state index in [-0.39, 0.29) is 43.0 Å². The molecule has 10 heteroatoms. The first kappa shape index (κ1) is 26.9. The number of hydrogen-bond donors (Lipinski definition) is 3. The van der Waals surface area contributed by atoms with E-state index in [2.05, 4.69) is 0 Å². The molecule has 1 aliphatic carbocycles. The number of rotatable bonds is 9. The minimum atomic E-state index is -1.24. The van der Waals surface area contributed by atoms with Crippen molar-refractivity contribution in [1.82, 2.24) is 0 Å². The first-order valence-electron chi connectivity index (χ1n) is 12.1. The Bertz CT molecular complexity index is 884. The van der Waals surface area contributed by atoms with Gasteiger partial charge in [0.2, 0.25) is 0 Å². The van der Waals surface area contributed by atoms with Gasteiger partial charge >= 0.3 is 0 Å². The number of quaternary nitrogens is 1. The van der Waals surface area contributed by atoms with Crippen LogP contribution in [0.2, 0.25) is 0 Å². The number of carboxylic acids is 1. The number of nitrogens with two attached hydrogens (primary N) is 1. The Morgan fingerprint density at radius 3 is 2.51 bits per heavy atom. The highest BCUT2D eigenvalue weighted by Crippen LogP contribution is 2.42. The van der Waals surface area contributed by atoms with Crippen LogP contribution in [-0.2, 0) is 19.1 Å². The second-order valence-electron chi connectivity index (χ2n) is 8.71. The summed E-state index contributed by atoms with van der Waals surface area (Å²) < 4.78 is 22.6. The zero-order valence-corrected chi connectivity index (χ0v) is 20.0. The molecular weight excluding hydrogens is 458 g/mol. The van der Waals surface area contributed by atoms with Gasteiger partial charge in [-0.2, -0.15) is 0 Å². The molecule has 4 unspecified atom stereocenters. The van der Waals surface area contributed by atoms with Crippen molar-refractivity contribution in [2.45, 2.75) is 38.4 Å². The van der Waals surface area contributed by atoms with Crippen molar-refractivity contribution in [3.05, 3.63) is 30.0 Å². The Morgan fingerprint density at radius 2 is 1.86 bits per heavy atom. The van der Waals surface area contributed by atoms with E-state index < -0.39 is 12.6 Å². The van der Waals surface area contributed by atoms with Crippen LogP contribution in [0.4, 0.5) is 0 Å². The van der Waals surface area contributed by atoms with E-state index in [4.69, 9.17) is 29.2 Å². The van der Waals surface area contributed by atoms with Gasteiger partial charge in [0.1, 0.15) is 19.3 Å². The molecule has 35 heavy (non-hydrogen) atoms. The Morgan fingerprint density at radius 1 is 1.14 bits per heavy atom. The molecule has 0 saturated heterocycles. The number of aliphatic hydroxyl groups excluding tert-OH is 2. The van der Waals surface area contributed by atoms with Crippen LogP contribution in [-0.4, -0.2) is 80.3 Å². The van der Waals surface area contributed by atoms with E-state index in [9.17, 15) is 14.7 Å². The number of fused-ring (bicyclic) bond motifs is 2. The van der Waals surface area contributed by atoms with E-state index in [1.54, 1.807) is 0 Å². The predicted octanol–water partition coefficient (Wildman–Crippen LogP) is -1.13. The summed E-state index contributed by atoms with van der Waals surface area (Å²) in [6, 6.07) is 5.46. The van der Waals surface area contributed by atoms with Gasteiger partial charge in [-0.1, -0.05) is 19.4 Å². The summed E-state index contributed by atoms with van der Waals surface area (Å²) in [6.45, 7) is 4.36. The van der Waals surface area contributed by atoms with Crippen LogP contribution >= 0.6 is 0 Å². The molecule has 4 atom stereocenters. The average Bonchev–Trinajstić information content (AvgIpc) is 2.87. The van der Waals surface area contributed by atoms with Crippen LogP contribution in [0.25, 0.3) is 5.57 Å².